The molecule has 0 saturated heterocycles. The molecule has 1 atom stereocenters. The minimum Gasteiger partial charge on any atom is -0.488 e. The normalized spacial score (nSPS) is 23.8. The number of ether oxygens (including phenoxy) is 1. The average molecular weight is 295 g/mol. The highest BCUT2D eigenvalue weighted by Crippen LogP contribution is 2.26. The van der Waals surface area contributed by atoms with Crippen molar-refractivity contribution in [3.05, 3.63) is 30.1 Å². The van der Waals surface area contributed by atoms with Crippen molar-refractivity contribution in [1.29, 1.82) is 0 Å². The summed E-state index contributed by atoms with van der Waals surface area (Å²) in [4.78, 5) is 0. The van der Waals surface area contributed by atoms with Gasteiger partial charge < -0.3 is 15.2 Å². The highest BCUT2D eigenvalue weighted by atomic mass is 19.1. The third-order valence-corrected chi connectivity index (χ3v) is 4.33. The smallest absolute Gasteiger partial charge is 0.165 e. The Morgan fingerprint density at radius 1 is 1.29 bits per heavy atom. The number of benzene rings is 1. The summed E-state index contributed by atoms with van der Waals surface area (Å²) in [5.41, 5.74) is 0. The van der Waals surface area contributed by atoms with Crippen LogP contribution >= 0.6 is 0 Å². The molecule has 3 nitrogen and oxygen atoms in total. The van der Waals surface area contributed by atoms with Crippen LogP contribution in [-0.2, 0) is 0 Å². The summed E-state index contributed by atoms with van der Waals surface area (Å²) in [6, 6.07) is 6.76. The monoisotopic (exact) mass is 295 g/mol. The molecule has 0 amide bonds. The Bertz CT molecular complexity index is 419. The molecule has 1 aromatic carbocycles. The zero-order chi connectivity index (χ0) is 15.1. The fourth-order valence-electron chi connectivity index (χ4n) is 2.88. The number of aliphatic hydroxyl groups is 1. The van der Waals surface area contributed by atoms with Gasteiger partial charge in [0.15, 0.2) is 11.6 Å². The fourth-order valence-corrected chi connectivity index (χ4v) is 2.88. The van der Waals surface area contributed by atoms with E-state index < -0.39 is 11.9 Å². The number of aliphatic hydroxyl groups excluding tert-OH is 1. The van der Waals surface area contributed by atoms with Gasteiger partial charge in [-0.2, -0.15) is 0 Å². The van der Waals surface area contributed by atoms with Gasteiger partial charge in [-0.1, -0.05) is 25.5 Å². The first-order chi connectivity index (χ1) is 10.2. The number of hydrogen-bond acceptors (Lipinski definition) is 3. The number of halogens is 1. The first-order valence-electron chi connectivity index (χ1n) is 7.97. The Kier molecular flexibility index (Phi) is 6.46. The summed E-state index contributed by atoms with van der Waals surface area (Å²) in [6.07, 6.45) is 5.56. The number of para-hydroxylation sites is 1. The van der Waals surface area contributed by atoms with Crippen molar-refractivity contribution in [1.82, 2.24) is 5.32 Å². The van der Waals surface area contributed by atoms with E-state index >= 15 is 0 Å². The van der Waals surface area contributed by atoms with Gasteiger partial charge in [-0.3, -0.25) is 0 Å². The summed E-state index contributed by atoms with van der Waals surface area (Å²) in [6.45, 7) is 2.86. The van der Waals surface area contributed by atoms with Crippen molar-refractivity contribution in [3.8, 4) is 5.75 Å². The Labute approximate surface area is 126 Å². The molecule has 0 spiro atoms. The summed E-state index contributed by atoms with van der Waals surface area (Å²) < 4.78 is 18.7. The first-order valence-corrected chi connectivity index (χ1v) is 7.97. The van der Waals surface area contributed by atoms with Crippen LogP contribution in [0.5, 0.6) is 5.75 Å². The van der Waals surface area contributed by atoms with Crippen LogP contribution in [0.3, 0.4) is 0 Å². The van der Waals surface area contributed by atoms with Gasteiger partial charge in [0.2, 0.25) is 0 Å². The van der Waals surface area contributed by atoms with E-state index in [4.69, 9.17) is 4.74 Å². The molecule has 1 aliphatic carbocycles. The molecular formula is C17H26FNO2. The van der Waals surface area contributed by atoms with Crippen LogP contribution in [0.1, 0.15) is 39.0 Å². The fraction of sp³-hybridized carbons (Fsp3) is 0.647. The highest BCUT2D eigenvalue weighted by molar-refractivity contribution is 5.23. The van der Waals surface area contributed by atoms with Crippen LogP contribution in [0.4, 0.5) is 4.39 Å². The van der Waals surface area contributed by atoms with Crippen LogP contribution < -0.4 is 10.1 Å². The molecular weight excluding hydrogens is 269 g/mol. The second-order valence-electron chi connectivity index (χ2n) is 5.93. The van der Waals surface area contributed by atoms with Crippen LogP contribution in [0.15, 0.2) is 24.3 Å². The molecule has 21 heavy (non-hydrogen) atoms. The van der Waals surface area contributed by atoms with E-state index in [9.17, 15) is 9.50 Å². The van der Waals surface area contributed by atoms with E-state index in [0.717, 1.165) is 5.92 Å². The van der Waals surface area contributed by atoms with Crippen LogP contribution in [-0.4, -0.2) is 30.4 Å². The van der Waals surface area contributed by atoms with Gasteiger partial charge >= 0.3 is 0 Å². The molecule has 0 heterocycles. The predicted octanol–water partition coefficient (Wildman–Crippen LogP) is 3.12. The number of rotatable bonds is 7. The van der Waals surface area contributed by atoms with E-state index in [1.165, 1.54) is 38.2 Å². The lowest BCUT2D eigenvalue weighted by atomic mass is 9.84. The molecule has 2 rings (SSSR count). The Morgan fingerprint density at radius 3 is 2.67 bits per heavy atom. The lowest BCUT2D eigenvalue weighted by Crippen LogP contribution is -2.39. The van der Waals surface area contributed by atoms with Crippen LogP contribution in [0.25, 0.3) is 0 Å². The molecule has 0 aromatic heterocycles. The average Bonchev–Trinajstić information content (AvgIpc) is 2.52. The van der Waals surface area contributed by atoms with Crippen molar-refractivity contribution >= 4 is 0 Å². The molecule has 1 saturated carbocycles. The van der Waals surface area contributed by atoms with Gasteiger partial charge in [0.1, 0.15) is 12.7 Å². The topological polar surface area (TPSA) is 41.5 Å². The van der Waals surface area contributed by atoms with Gasteiger partial charge in [-0.25, -0.2) is 4.39 Å². The third kappa shape index (κ3) is 5.29. The maximum atomic E-state index is 13.4. The van der Waals surface area contributed by atoms with Gasteiger partial charge in [0.05, 0.1) is 0 Å². The molecule has 1 aliphatic rings. The lowest BCUT2D eigenvalue weighted by molar-refractivity contribution is 0.0985. The molecule has 1 aromatic rings. The Morgan fingerprint density at radius 2 is 2.00 bits per heavy atom. The van der Waals surface area contributed by atoms with Gasteiger partial charge in [0, 0.05) is 12.6 Å². The Balaban J connectivity index is 1.64. The maximum absolute atomic E-state index is 13.4. The molecule has 0 bridgehead atoms. The van der Waals surface area contributed by atoms with Crippen molar-refractivity contribution in [3.63, 3.8) is 0 Å². The highest BCUT2D eigenvalue weighted by Gasteiger charge is 2.20. The van der Waals surface area contributed by atoms with Crippen molar-refractivity contribution in [2.45, 2.75) is 51.2 Å². The predicted molar refractivity (Wildman–Crippen MR) is 81.9 cm³/mol. The SMILES string of the molecule is CCC1CCC(NCC(O)COc2ccccc2F)CC1. The molecule has 0 aliphatic heterocycles. The van der Waals surface area contributed by atoms with Gasteiger partial charge in [-0.15, -0.1) is 0 Å². The zero-order valence-electron chi connectivity index (χ0n) is 12.7. The molecule has 4 heteroatoms. The summed E-state index contributed by atoms with van der Waals surface area (Å²) in [7, 11) is 0. The van der Waals surface area contributed by atoms with Crippen LogP contribution in [0, 0.1) is 11.7 Å². The van der Waals surface area contributed by atoms with Gasteiger partial charge in [0.25, 0.3) is 0 Å². The third-order valence-electron chi connectivity index (χ3n) is 4.33. The summed E-state index contributed by atoms with van der Waals surface area (Å²) in [5.74, 6) is 0.674. The minimum atomic E-state index is -0.617. The maximum Gasteiger partial charge on any atom is 0.165 e. The van der Waals surface area contributed by atoms with Crippen molar-refractivity contribution in [2.75, 3.05) is 13.2 Å². The van der Waals surface area contributed by atoms with E-state index in [1.807, 2.05) is 0 Å². The second-order valence-corrected chi connectivity index (χ2v) is 5.93. The van der Waals surface area contributed by atoms with E-state index in [1.54, 1.807) is 18.2 Å². The van der Waals surface area contributed by atoms with Crippen molar-refractivity contribution in [2.24, 2.45) is 5.92 Å². The van der Waals surface area contributed by atoms with E-state index in [0.29, 0.717) is 12.6 Å². The summed E-state index contributed by atoms with van der Waals surface area (Å²) >= 11 is 0. The van der Waals surface area contributed by atoms with Gasteiger partial charge in [-0.05, 0) is 43.7 Å². The quantitative estimate of drug-likeness (QED) is 0.812. The first kappa shape index (κ1) is 16.2. The molecule has 1 unspecified atom stereocenters. The number of hydrogen-bond donors (Lipinski definition) is 2. The second kappa shape index (κ2) is 8.35. The zero-order valence-corrected chi connectivity index (χ0v) is 12.7. The van der Waals surface area contributed by atoms with Crippen molar-refractivity contribution < 1.29 is 14.2 Å². The number of nitrogens with one attached hydrogen (secondary N) is 1. The van der Waals surface area contributed by atoms with E-state index in [-0.39, 0.29) is 12.4 Å². The van der Waals surface area contributed by atoms with Crippen LogP contribution in [0.2, 0.25) is 0 Å². The molecule has 2 N–H and O–H groups in total. The lowest BCUT2D eigenvalue weighted by Gasteiger charge is -2.29. The Hall–Kier alpha value is -1.13. The molecule has 118 valence electrons. The standard InChI is InChI=1S/C17H26FNO2/c1-2-13-7-9-14(10-8-13)19-11-15(20)12-21-17-6-4-3-5-16(17)18/h3-6,13-15,19-20H,2,7-12H2,1H3. The van der Waals surface area contributed by atoms with E-state index in [2.05, 4.69) is 12.2 Å². The molecule has 1 fully saturated rings. The largest absolute Gasteiger partial charge is 0.488 e. The minimum absolute atomic E-state index is 0.109. The summed E-state index contributed by atoms with van der Waals surface area (Å²) in [5, 5.41) is 13.3. The molecule has 0 radical (unpaired) electrons.